The second-order valence-electron chi connectivity index (χ2n) is 8.18. The Morgan fingerprint density at radius 3 is 2.68 bits per heavy atom. The highest BCUT2D eigenvalue weighted by atomic mass is 19.4. The topological polar surface area (TPSA) is 77.9 Å². The number of allylic oxidation sites excluding steroid dienone is 1. The summed E-state index contributed by atoms with van der Waals surface area (Å²) >= 11 is 0. The van der Waals surface area contributed by atoms with Gasteiger partial charge in [0.25, 0.3) is 5.91 Å². The fraction of sp³-hybridized carbons (Fsp3) is 0.333. The van der Waals surface area contributed by atoms with E-state index in [-0.39, 0.29) is 5.56 Å². The molecule has 2 aliphatic rings. The molecule has 0 saturated carbocycles. The van der Waals surface area contributed by atoms with Gasteiger partial charge in [-0.25, -0.2) is 0 Å². The highest BCUT2D eigenvalue weighted by Gasteiger charge is 2.31. The second-order valence-corrected chi connectivity index (χ2v) is 8.18. The number of alkyl halides is 3. The molecule has 2 N–H and O–H groups in total. The van der Waals surface area contributed by atoms with Crippen LogP contribution in [0.25, 0.3) is 5.57 Å². The molecule has 1 saturated heterocycles. The van der Waals surface area contributed by atoms with Crippen molar-refractivity contribution >= 4 is 17.2 Å². The second kappa shape index (κ2) is 9.47. The fourth-order valence-corrected chi connectivity index (χ4v) is 3.91. The molecule has 1 atom stereocenters. The maximum absolute atomic E-state index is 13.0. The average Bonchev–Trinajstić information content (AvgIpc) is 2.82. The number of carbonyl (C=O) groups is 1. The number of rotatable bonds is 4. The molecule has 180 valence electrons. The first-order valence-corrected chi connectivity index (χ1v) is 10.8. The van der Waals surface area contributed by atoms with Crippen LogP contribution in [0.4, 0.5) is 18.9 Å². The van der Waals surface area contributed by atoms with Crippen LogP contribution in [-0.2, 0) is 10.9 Å². The van der Waals surface area contributed by atoms with Gasteiger partial charge >= 0.3 is 6.18 Å². The zero-order valence-corrected chi connectivity index (χ0v) is 18.8. The van der Waals surface area contributed by atoms with Gasteiger partial charge in [-0.3, -0.25) is 9.78 Å². The first-order valence-electron chi connectivity index (χ1n) is 10.8. The number of nitrogens with one attached hydrogen (secondary N) is 1. The lowest BCUT2D eigenvalue weighted by molar-refractivity contribution is -0.137. The number of morpholine rings is 1. The first kappa shape index (κ1) is 23.8. The van der Waals surface area contributed by atoms with E-state index in [1.54, 1.807) is 24.9 Å². The predicted molar refractivity (Wildman–Crippen MR) is 121 cm³/mol. The van der Waals surface area contributed by atoms with E-state index in [1.165, 1.54) is 18.3 Å². The number of hydrogen-bond donors (Lipinski definition) is 2. The Morgan fingerprint density at radius 2 is 1.97 bits per heavy atom. The molecule has 1 aromatic carbocycles. The van der Waals surface area contributed by atoms with E-state index in [1.807, 2.05) is 12.3 Å². The molecule has 1 amide bonds. The number of aromatic nitrogens is 1. The van der Waals surface area contributed by atoms with E-state index in [0.717, 1.165) is 30.9 Å². The van der Waals surface area contributed by atoms with Crippen LogP contribution in [0.1, 0.15) is 27.2 Å². The number of ether oxygens (including phenoxy) is 1. The summed E-state index contributed by atoms with van der Waals surface area (Å²) in [5.41, 5.74) is 2.07. The largest absolute Gasteiger partial charge is 0.416 e. The van der Waals surface area contributed by atoms with Crippen LogP contribution in [0.5, 0.6) is 0 Å². The highest BCUT2D eigenvalue weighted by molar-refractivity contribution is 6.04. The summed E-state index contributed by atoms with van der Waals surface area (Å²) in [4.78, 5) is 20.8. The highest BCUT2D eigenvalue weighted by Crippen LogP contribution is 2.32. The van der Waals surface area contributed by atoms with Crippen LogP contribution in [-0.4, -0.2) is 65.4 Å². The van der Waals surface area contributed by atoms with Crippen molar-refractivity contribution in [2.75, 3.05) is 38.7 Å². The third kappa shape index (κ3) is 5.07. The molecule has 0 radical (unpaired) electrons. The number of anilines is 1. The van der Waals surface area contributed by atoms with E-state index in [9.17, 15) is 23.1 Å². The Kier molecular flexibility index (Phi) is 6.63. The van der Waals surface area contributed by atoms with Crippen molar-refractivity contribution in [3.05, 3.63) is 76.9 Å². The summed E-state index contributed by atoms with van der Waals surface area (Å²) in [5.74, 6) is -0.688. The molecule has 2 aromatic rings. The number of aryl methyl sites for hydroxylation is 1. The van der Waals surface area contributed by atoms with Crippen LogP contribution >= 0.6 is 0 Å². The minimum Gasteiger partial charge on any atom is -0.378 e. The van der Waals surface area contributed by atoms with Gasteiger partial charge in [0, 0.05) is 48.7 Å². The Bertz CT molecular complexity index is 1140. The summed E-state index contributed by atoms with van der Waals surface area (Å²) < 4.78 is 44.4. The zero-order chi connectivity index (χ0) is 24.5. The van der Waals surface area contributed by atoms with Crippen molar-refractivity contribution in [1.29, 1.82) is 0 Å². The lowest BCUT2D eigenvalue weighted by atomic mass is 9.98. The number of likely N-dealkylation sites (N-methyl/N-ethyl adjacent to an activating group) is 1. The molecule has 10 heteroatoms. The van der Waals surface area contributed by atoms with Gasteiger partial charge in [-0.1, -0.05) is 6.07 Å². The minimum absolute atomic E-state index is 0.119. The quantitative estimate of drug-likeness (QED) is 0.707. The zero-order valence-electron chi connectivity index (χ0n) is 18.8. The summed E-state index contributed by atoms with van der Waals surface area (Å²) in [6.45, 7) is 4.47. The molecule has 1 aromatic heterocycles. The van der Waals surface area contributed by atoms with Gasteiger partial charge in [0.2, 0.25) is 0 Å². The van der Waals surface area contributed by atoms with Crippen molar-refractivity contribution in [1.82, 2.24) is 14.8 Å². The first-order chi connectivity index (χ1) is 16.1. The Labute approximate surface area is 195 Å². The van der Waals surface area contributed by atoms with Crippen molar-refractivity contribution < 1.29 is 27.8 Å². The molecule has 34 heavy (non-hydrogen) atoms. The van der Waals surface area contributed by atoms with Crippen molar-refractivity contribution in [3.63, 3.8) is 0 Å². The minimum atomic E-state index is -4.55. The lowest BCUT2D eigenvalue weighted by Gasteiger charge is -2.36. The molecule has 1 unspecified atom stereocenters. The van der Waals surface area contributed by atoms with Crippen molar-refractivity contribution in [2.45, 2.75) is 19.3 Å². The van der Waals surface area contributed by atoms with Gasteiger partial charge in [0.05, 0.1) is 36.4 Å². The third-order valence-electron chi connectivity index (χ3n) is 5.79. The molecule has 2 aliphatic heterocycles. The van der Waals surface area contributed by atoms with Crippen molar-refractivity contribution in [3.8, 4) is 0 Å². The Balaban J connectivity index is 1.61. The van der Waals surface area contributed by atoms with Gasteiger partial charge in [-0.2, -0.15) is 13.2 Å². The number of hydrogen-bond acceptors (Lipinski definition) is 6. The van der Waals surface area contributed by atoms with Gasteiger partial charge < -0.3 is 25.0 Å². The maximum Gasteiger partial charge on any atom is 0.416 e. The summed E-state index contributed by atoms with van der Waals surface area (Å²) in [6.07, 6.45) is -0.293. The number of benzene rings is 1. The van der Waals surface area contributed by atoms with Crippen LogP contribution in [0.2, 0.25) is 0 Å². The van der Waals surface area contributed by atoms with Crippen LogP contribution in [0.15, 0.2) is 54.5 Å². The Morgan fingerprint density at radius 1 is 1.24 bits per heavy atom. The van der Waals surface area contributed by atoms with E-state index in [0.29, 0.717) is 35.7 Å². The number of nitrogens with zero attached hydrogens (tertiary/aromatic N) is 3. The molecule has 0 bridgehead atoms. The molecule has 4 rings (SSSR count). The van der Waals surface area contributed by atoms with Gasteiger partial charge in [-0.05, 0) is 37.3 Å². The number of pyridine rings is 1. The molecule has 7 nitrogen and oxygen atoms in total. The molecular weight excluding hydrogens is 449 g/mol. The number of halogens is 3. The Hall–Kier alpha value is -3.37. The predicted octanol–water partition coefficient (Wildman–Crippen LogP) is 3.48. The summed E-state index contributed by atoms with van der Waals surface area (Å²) in [6, 6.07) is 5.89. The molecule has 1 fully saturated rings. The molecule has 3 heterocycles. The van der Waals surface area contributed by atoms with E-state index >= 15 is 0 Å². The number of aliphatic hydroxyl groups excluding tert-OH is 1. The SMILES string of the molecule is Cc1ncc(NC(=O)c2cccc(C(F)(F)F)c2)cc1C1=CC(N2CCOCC2)=CN(C)C1O. The molecular formula is C24H25F3N4O3. The normalized spacial score (nSPS) is 18.9. The lowest BCUT2D eigenvalue weighted by Crippen LogP contribution is -2.39. The molecule has 0 aliphatic carbocycles. The van der Waals surface area contributed by atoms with E-state index in [2.05, 4.69) is 15.2 Å². The van der Waals surface area contributed by atoms with Crippen LogP contribution < -0.4 is 5.32 Å². The smallest absolute Gasteiger partial charge is 0.378 e. The average molecular weight is 474 g/mol. The third-order valence-corrected chi connectivity index (χ3v) is 5.79. The van der Waals surface area contributed by atoms with Crippen LogP contribution in [0, 0.1) is 6.92 Å². The number of aliphatic hydroxyl groups is 1. The number of carbonyl (C=O) groups excluding carboxylic acids is 1. The monoisotopic (exact) mass is 474 g/mol. The summed E-state index contributed by atoms with van der Waals surface area (Å²) in [5, 5.41) is 13.4. The summed E-state index contributed by atoms with van der Waals surface area (Å²) in [7, 11) is 1.76. The van der Waals surface area contributed by atoms with Gasteiger partial charge in [0.1, 0.15) is 0 Å². The van der Waals surface area contributed by atoms with Crippen LogP contribution in [0.3, 0.4) is 0 Å². The fourth-order valence-electron chi connectivity index (χ4n) is 3.91. The van der Waals surface area contributed by atoms with Crippen molar-refractivity contribution in [2.24, 2.45) is 0 Å². The van der Waals surface area contributed by atoms with E-state index in [4.69, 9.17) is 4.74 Å². The van der Waals surface area contributed by atoms with Gasteiger partial charge in [-0.15, -0.1) is 0 Å². The van der Waals surface area contributed by atoms with Gasteiger partial charge in [0.15, 0.2) is 6.23 Å². The standard InChI is InChI=1S/C24H25F3N4O3/c1-15-20(21-12-19(14-30(2)23(21)33)31-6-8-34-9-7-31)11-18(13-28-15)29-22(32)16-4-3-5-17(10-16)24(25,26)27/h3-5,10-14,23,33H,6-9H2,1-2H3,(H,29,32). The maximum atomic E-state index is 13.0. The molecule has 0 spiro atoms. The van der Waals surface area contributed by atoms with E-state index < -0.39 is 23.9 Å². The number of amides is 1.